The topological polar surface area (TPSA) is 41.5 Å². The fourth-order valence-corrected chi connectivity index (χ4v) is 1.30. The van der Waals surface area contributed by atoms with Crippen LogP contribution in [0.1, 0.15) is 43.5 Å². The molecule has 92 valence electrons. The Morgan fingerprint density at radius 2 is 2.00 bits per heavy atom. The lowest BCUT2D eigenvalue weighted by atomic mass is 10.2. The summed E-state index contributed by atoms with van der Waals surface area (Å²) in [5.41, 5.74) is 3.75. The van der Waals surface area contributed by atoms with Crippen LogP contribution >= 0.6 is 0 Å². The van der Waals surface area contributed by atoms with E-state index in [0.29, 0.717) is 5.56 Å². The highest BCUT2D eigenvalue weighted by Crippen LogP contribution is 2.02. The second-order valence-electron chi connectivity index (χ2n) is 3.90. The lowest BCUT2D eigenvalue weighted by molar-refractivity contribution is 0.0954. The predicted octanol–water partition coefficient (Wildman–Crippen LogP) is 3.12. The van der Waals surface area contributed by atoms with E-state index in [4.69, 9.17) is 0 Å². The molecule has 1 aromatic rings. The molecule has 1 aromatic carbocycles. The molecule has 1 rings (SSSR count). The molecule has 0 aliphatic heterocycles. The van der Waals surface area contributed by atoms with Gasteiger partial charge < -0.3 is 0 Å². The van der Waals surface area contributed by atoms with Crippen LogP contribution in [0.3, 0.4) is 0 Å². The van der Waals surface area contributed by atoms with E-state index in [1.165, 1.54) is 24.3 Å². The van der Waals surface area contributed by atoms with Crippen molar-refractivity contribution in [2.75, 3.05) is 0 Å². The molecular weight excluding hydrogens is 219 g/mol. The number of benzene rings is 1. The number of hydrogen-bond acceptors (Lipinski definition) is 2. The Bertz CT molecular complexity index is 398. The summed E-state index contributed by atoms with van der Waals surface area (Å²) in [6.45, 7) is 3.98. The Labute approximate surface area is 101 Å². The summed E-state index contributed by atoms with van der Waals surface area (Å²) in [6, 6.07) is 5.37. The molecule has 0 saturated heterocycles. The smallest absolute Gasteiger partial charge is 0.267 e. The Kier molecular flexibility index (Phi) is 5.33. The van der Waals surface area contributed by atoms with Crippen LogP contribution in [-0.4, -0.2) is 11.6 Å². The number of amides is 1. The highest BCUT2D eigenvalue weighted by atomic mass is 19.1. The van der Waals surface area contributed by atoms with Gasteiger partial charge in [-0.25, -0.2) is 9.82 Å². The van der Waals surface area contributed by atoms with Gasteiger partial charge in [-0.3, -0.25) is 4.79 Å². The maximum Gasteiger partial charge on any atom is 0.271 e. The molecule has 0 radical (unpaired) electrons. The van der Waals surface area contributed by atoms with Crippen LogP contribution in [0.2, 0.25) is 0 Å². The van der Waals surface area contributed by atoms with Crippen molar-refractivity contribution in [1.82, 2.24) is 5.43 Å². The van der Waals surface area contributed by atoms with Crippen molar-refractivity contribution >= 4 is 11.6 Å². The molecule has 0 unspecified atom stereocenters. The van der Waals surface area contributed by atoms with Crippen LogP contribution < -0.4 is 5.43 Å². The average molecular weight is 236 g/mol. The van der Waals surface area contributed by atoms with Crippen molar-refractivity contribution < 1.29 is 9.18 Å². The average Bonchev–Trinajstić information content (AvgIpc) is 2.34. The zero-order valence-corrected chi connectivity index (χ0v) is 10.2. The molecule has 0 heterocycles. The van der Waals surface area contributed by atoms with Crippen molar-refractivity contribution in [3.05, 3.63) is 35.6 Å². The Balaban J connectivity index is 2.52. The van der Waals surface area contributed by atoms with Crippen LogP contribution in [0.15, 0.2) is 29.4 Å². The number of hydrogen-bond donors (Lipinski definition) is 1. The van der Waals surface area contributed by atoms with Gasteiger partial charge in [0.15, 0.2) is 0 Å². The van der Waals surface area contributed by atoms with Crippen molar-refractivity contribution in [3.8, 4) is 0 Å². The lowest BCUT2D eigenvalue weighted by Crippen LogP contribution is -2.19. The molecule has 0 aliphatic rings. The van der Waals surface area contributed by atoms with Gasteiger partial charge in [-0.1, -0.05) is 13.3 Å². The zero-order valence-electron chi connectivity index (χ0n) is 10.2. The maximum atomic E-state index is 12.6. The molecule has 1 amide bonds. The third-order valence-electron chi connectivity index (χ3n) is 2.35. The summed E-state index contributed by atoms with van der Waals surface area (Å²) in [5, 5.41) is 3.98. The number of carbonyl (C=O) groups is 1. The third kappa shape index (κ3) is 4.76. The summed E-state index contributed by atoms with van der Waals surface area (Å²) in [6.07, 6.45) is 3.03. The summed E-state index contributed by atoms with van der Waals surface area (Å²) in [4.78, 5) is 11.6. The molecule has 0 bridgehead atoms. The summed E-state index contributed by atoms with van der Waals surface area (Å²) in [7, 11) is 0. The minimum absolute atomic E-state index is 0.319. The minimum Gasteiger partial charge on any atom is -0.267 e. The number of carbonyl (C=O) groups excluding carboxylic acids is 1. The van der Waals surface area contributed by atoms with E-state index >= 15 is 0 Å². The van der Waals surface area contributed by atoms with Gasteiger partial charge in [-0.2, -0.15) is 5.10 Å². The number of rotatable bonds is 5. The summed E-state index contributed by atoms with van der Waals surface area (Å²) < 4.78 is 12.6. The molecule has 17 heavy (non-hydrogen) atoms. The van der Waals surface area contributed by atoms with Gasteiger partial charge in [0.25, 0.3) is 5.91 Å². The predicted molar refractivity (Wildman–Crippen MR) is 66.5 cm³/mol. The summed E-state index contributed by atoms with van der Waals surface area (Å²) in [5.74, 6) is -0.676. The monoisotopic (exact) mass is 236 g/mol. The highest BCUT2D eigenvalue weighted by Gasteiger charge is 2.03. The first kappa shape index (κ1) is 13.4. The van der Waals surface area contributed by atoms with Crippen LogP contribution in [0, 0.1) is 5.82 Å². The normalized spacial score (nSPS) is 11.4. The SMILES string of the molecule is CCCC/C(C)=N/NC(=O)c1ccc(F)cc1. The van der Waals surface area contributed by atoms with Crippen LogP contribution in [0.5, 0.6) is 0 Å². The van der Waals surface area contributed by atoms with Crippen molar-refractivity contribution in [2.24, 2.45) is 5.10 Å². The molecule has 1 N–H and O–H groups in total. The Morgan fingerprint density at radius 1 is 1.35 bits per heavy atom. The second kappa shape index (κ2) is 6.78. The number of nitrogens with one attached hydrogen (secondary N) is 1. The second-order valence-corrected chi connectivity index (χ2v) is 3.90. The van der Waals surface area contributed by atoms with Gasteiger partial charge in [0, 0.05) is 11.3 Å². The molecular formula is C13H17FN2O. The quantitative estimate of drug-likeness (QED) is 0.619. The zero-order chi connectivity index (χ0) is 12.7. The van der Waals surface area contributed by atoms with Gasteiger partial charge in [0.05, 0.1) is 0 Å². The number of halogens is 1. The fourth-order valence-electron chi connectivity index (χ4n) is 1.30. The first-order valence-electron chi connectivity index (χ1n) is 5.72. The van der Waals surface area contributed by atoms with E-state index in [2.05, 4.69) is 17.5 Å². The Hall–Kier alpha value is -1.71. The Morgan fingerprint density at radius 3 is 2.59 bits per heavy atom. The van der Waals surface area contributed by atoms with E-state index in [-0.39, 0.29) is 11.7 Å². The van der Waals surface area contributed by atoms with Crippen molar-refractivity contribution in [3.63, 3.8) is 0 Å². The molecule has 0 fully saturated rings. The van der Waals surface area contributed by atoms with Gasteiger partial charge in [-0.15, -0.1) is 0 Å². The van der Waals surface area contributed by atoms with Crippen LogP contribution in [0.25, 0.3) is 0 Å². The van der Waals surface area contributed by atoms with E-state index in [0.717, 1.165) is 25.0 Å². The van der Waals surface area contributed by atoms with Crippen molar-refractivity contribution in [2.45, 2.75) is 33.1 Å². The van der Waals surface area contributed by atoms with Crippen molar-refractivity contribution in [1.29, 1.82) is 0 Å². The van der Waals surface area contributed by atoms with E-state index in [1.54, 1.807) is 0 Å². The minimum atomic E-state index is -0.357. The maximum absolute atomic E-state index is 12.6. The molecule has 3 nitrogen and oxygen atoms in total. The number of unbranched alkanes of at least 4 members (excludes halogenated alkanes) is 1. The van der Waals surface area contributed by atoms with E-state index < -0.39 is 0 Å². The lowest BCUT2D eigenvalue weighted by Gasteiger charge is -2.02. The number of nitrogens with zero attached hydrogens (tertiary/aromatic N) is 1. The molecule has 0 spiro atoms. The standard InChI is InChI=1S/C13H17FN2O/c1-3-4-5-10(2)15-16-13(17)11-6-8-12(14)9-7-11/h6-9H,3-5H2,1-2H3,(H,16,17)/b15-10+. The first-order valence-corrected chi connectivity index (χ1v) is 5.72. The van der Waals surface area contributed by atoms with Gasteiger partial charge in [-0.05, 0) is 44.0 Å². The molecule has 4 heteroatoms. The first-order chi connectivity index (χ1) is 8.13. The van der Waals surface area contributed by atoms with E-state index in [9.17, 15) is 9.18 Å². The molecule has 0 aromatic heterocycles. The van der Waals surface area contributed by atoms with Crippen LogP contribution in [-0.2, 0) is 0 Å². The molecule has 0 saturated carbocycles. The van der Waals surface area contributed by atoms with Gasteiger partial charge in [0.1, 0.15) is 5.82 Å². The largest absolute Gasteiger partial charge is 0.271 e. The number of hydrazone groups is 1. The van der Waals surface area contributed by atoms with Crippen LogP contribution in [0.4, 0.5) is 4.39 Å². The third-order valence-corrected chi connectivity index (χ3v) is 2.35. The summed E-state index contributed by atoms with van der Waals surface area (Å²) >= 11 is 0. The fraction of sp³-hybridized carbons (Fsp3) is 0.385. The molecule has 0 aliphatic carbocycles. The molecule has 0 atom stereocenters. The highest BCUT2D eigenvalue weighted by molar-refractivity contribution is 5.95. The van der Waals surface area contributed by atoms with Gasteiger partial charge >= 0.3 is 0 Å². The van der Waals surface area contributed by atoms with Gasteiger partial charge in [0.2, 0.25) is 0 Å². The van der Waals surface area contributed by atoms with E-state index in [1.807, 2.05) is 6.92 Å².